The van der Waals surface area contributed by atoms with Crippen LogP contribution < -0.4 is 10.2 Å². The molecule has 0 bridgehead atoms. The van der Waals surface area contributed by atoms with Gasteiger partial charge < -0.3 is 14.8 Å². The summed E-state index contributed by atoms with van der Waals surface area (Å²) in [6.45, 7) is 0. The Morgan fingerprint density at radius 2 is 2.00 bits per heavy atom. The monoisotopic (exact) mass is 326 g/mol. The van der Waals surface area contributed by atoms with Crippen molar-refractivity contribution in [1.29, 1.82) is 0 Å². The third-order valence-electron chi connectivity index (χ3n) is 1.63. The van der Waals surface area contributed by atoms with Gasteiger partial charge in [-0.2, -0.15) is 0 Å². The second-order valence-electron chi connectivity index (χ2n) is 2.48. The van der Waals surface area contributed by atoms with Crippen molar-refractivity contribution in [2.24, 2.45) is 0 Å². The number of halogens is 3. The molecule has 0 aliphatic rings. The molecular weight excluding hydrogens is 322 g/mol. The fourth-order valence-corrected chi connectivity index (χ4v) is 2.05. The van der Waals surface area contributed by atoms with Crippen molar-refractivity contribution >= 4 is 44.4 Å². The van der Waals surface area contributed by atoms with Crippen molar-refractivity contribution in [1.82, 2.24) is 0 Å². The average Bonchev–Trinajstić information content (AvgIpc) is 2.12. The van der Waals surface area contributed by atoms with Crippen LogP contribution in [0, 0.1) is 5.82 Å². The van der Waals surface area contributed by atoms with E-state index in [4.69, 9.17) is 14.8 Å². The summed E-state index contributed by atoms with van der Waals surface area (Å²) in [7, 11) is -0.411. The Morgan fingerprint density at radius 1 is 1.43 bits per heavy atom. The molecule has 0 saturated carbocycles. The van der Waals surface area contributed by atoms with Gasteiger partial charge in [-0.25, -0.2) is 4.39 Å². The summed E-state index contributed by atoms with van der Waals surface area (Å²) in [5.74, 6) is -0.661. The Balaban J connectivity index is 3.40. The van der Waals surface area contributed by atoms with Crippen LogP contribution in [-0.2, 0) is 0 Å². The van der Waals surface area contributed by atoms with Gasteiger partial charge in [-0.3, -0.25) is 0 Å². The van der Waals surface area contributed by atoms with Gasteiger partial charge in [0.25, 0.3) is 0 Å². The van der Waals surface area contributed by atoms with Crippen LogP contribution >= 0.6 is 31.9 Å². The highest BCUT2D eigenvalue weighted by molar-refractivity contribution is 9.11. The van der Waals surface area contributed by atoms with Crippen LogP contribution in [0.3, 0.4) is 0 Å². The second-order valence-corrected chi connectivity index (χ2v) is 4.13. The Kier molecular flexibility index (Phi) is 3.94. The number of rotatable bonds is 2. The first-order valence-corrected chi connectivity index (χ1v) is 5.15. The number of hydrogen-bond donors (Lipinski definition) is 2. The lowest BCUT2D eigenvalue weighted by atomic mass is 9.80. The van der Waals surface area contributed by atoms with Crippen LogP contribution in [0.1, 0.15) is 0 Å². The average molecular weight is 328 g/mol. The molecule has 1 aromatic rings. The minimum absolute atomic E-state index is 0.0151. The van der Waals surface area contributed by atoms with Crippen molar-refractivity contribution < 1.29 is 19.2 Å². The van der Waals surface area contributed by atoms with Gasteiger partial charge in [-0.1, -0.05) is 0 Å². The minimum atomic E-state index is -1.74. The van der Waals surface area contributed by atoms with Crippen molar-refractivity contribution in [3.63, 3.8) is 0 Å². The molecule has 14 heavy (non-hydrogen) atoms. The highest BCUT2D eigenvalue weighted by atomic mass is 79.9. The summed E-state index contributed by atoms with van der Waals surface area (Å²) in [4.78, 5) is 0. The van der Waals surface area contributed by atoms with E-state index in [0.29, 0.717) is 4.47 Å². The van der Waals surface area contributed by atoms with Crippen LogP contribution in [0.2, 0.25) is 0 Å². The molecule has 3 nitrogen and oxygen atoms in total. The van der Waals surface area contributed by atoms with Gasteiger partial charge in [-0.15, -0.1) is 0 Å². The van der Waals surface area contributed by atoms with Crippen LogP contribution in [0.4, 0.5) is 4.39 Å². The molecule has 0 radical (unpaired) electrons. The van der Waals surface area contributed by atoms with Crippen molar-refractivity contribution in [2.75, 3.05) is 7.11 Å². The van der Waals surface area contributed by atoms with Gasteiger partial charge in [0, 0.05) is 5.46 Å². The molecule has 1 aromatic carbocycles. The van der Waals surface area contributed by atoms with E-state index < -0.39 is 12.9 Å². The minimum Gasteiger partial charge on any atom is -0.492 e. The maximum Gasteiger partial charge on any atom is 0.489 e. The summed E-state index contributed by atoms with van der Waals surface area (Å²) in [6, 6.07) is 1.37. The molecule has 76 valence electrons. The van der Waals surface area contributed by atoms with Gasteiger partial charge in [0.1, 0.15) is 0 Å². The Morgan fingerprint density at radius 3 is 2.43 bits per heavy atom. The van der Waals surface area contributed by atoms with E-state index in [2.05, 4.69) is 31.9 Å². The Bertz CT molecular complexity index is 359. The molecule has 7 heteroatoms. The van der Waals surface area contributed by atoms with Gasteiger partial charge in [-0.05, 0) is 37.9 Å². The maximum absolute atomic E-state index is 13.5. The first-order valence-electron chi connectivity index (χ1n) is 3.56. The molecule has 2 N–H and O–H groups in total. The zero-order valence-corrected chi connectivity index (χ0v) is 10.3. The number of benzene rings is 1. The maximum atomic E-state index is 13.5. The first kappa shape index (κ1) is 12.0. The molecular formula is C7H6BBr2FO3. The van der Waals surface area contributed by atoms with E-state index >= 15 is 0 Å². The third kappa shape index (κ3) is 2.11. The molecule has 0 aliphatic heterocycles. The third-order valence-corrected chi connectivity index (χ3v) is 3.02. The van der Waals surface area contributed by atoms with E-state index in [1.165, 1.54) is 13.2 Å². The topological polar surface area (TPSA) is 49.7 Å². The van der Waals surface area contributed by atoms with Crippen LogP contribution in [0.15, 0.2) is 15.0 Å². The summed E-state index contributed by atoms with van der Waals surface area (Å²) < 4.78 is 18.5. The largest absolute Gasteiger partial charge is 0.492 e. The standard InChI is InChI=1S/C7H6BBr2FO3/c1-14-7-4(9)2-3(8(12)13)5(10)6(7)11/h2,12-13H,1H3. The van der Waals surface area contributed by atoms with E-state index in [0.717, 1.165) is 0 Å². The molecule has 0 unspecified atom stereocenters. The lowest BCUT2D eigenvalue weighted by Crippen LogP contribution is -2.31. The summed E-state index contributed by atoms with van der Waals surface area (Å²) in [5.41, 5.74) is 0.0372. The molecule has 0 fully saturated rings. The molecule has 0 atom stereocenters. The Hall–Kier alpha value is -0.105. The van der Waals surface area contributed by atoms with Crippen molar-refractivity contribution in [3.05, 3.63) is 20.8 Å². The van der Waals surface area contributed by atoms with Crippen LogP contribution in [0.5, 0.6) is 5.75 Å². The lowest BCUT2D eigenvalue weighted by molar-refractivity contribution is 0.382. The number of hydrogen-bond acceptors (Lipinski definition) is 3. The predicted molar refractivity (Wildman–Crippen MR) is 58.2 cm³/mol. The number of ether oxygens (including phenoxy) is 1. The van der Waals surface area contributed by atoms with E-state index in [-0.39, 0.29) is 15.7 Å². The molecule has 0 aromatic heterocycles. The molecule has 0 amide bonds. The SMILES string of the molecule is COc1c(Br)cc(B(O)O)c(Br)c1F. The Labute approximate surface area is 97.3 Å². The van der Waals surface area contributed by atoms with Gasteiger partial charge >= 0.3 is 7.12 Å². The van der Waals surface area contributed by atoms with E-state index in [1.54, 1.807) is 0 Å². The van der Waals surface area contributed by atoms with Crippen molar-refractivity contribution in [2.45, 2.75) is 0 Å². The van der Waals surface area contributed by atoms with Gasteiger partial charge in [0.2, 0.25) is 0 Å². The van der Waals surface area contributed by atoms with E-state index in [1.807, 2.05) is 0 Å². The second kappa shape index (κ2) is 4.61. The summed E-state index contributed by atoms with van der Waals surface area (Å²) in [6.07, 6.45) is 0. The smallest absolute Gasteiger partial charge is 0.489 e. The molecule has 1 rings (SSSR count). The number of methoxy groups -OCH3 is 1. The normalized spacial score (nSPS) is 10.1. The quantitative estimate of drug-likeness (QED) is 0.630. The first-order chi connectivity index (χ1) is 6.49. The zero-order chi connectivity index (χ0) is 10.9. The van der Waals surface area contributed by atoms with Gasteiger partial charge in [0.05, 0.1) is 16.1 Å². The molecule has 0 aliphatic carbocycles. The van der Waals surface area contributed by atoms with E-state index in [9.17, 15) is 4.39 Å². The van der Waals surface area contributed by atoms with Gasteiger partial charge in [0.15, 0.2) is 11.6 Å². The summed E-state index contributed by atoms with van der Waals surface area (Å²) >= 11 is 5.96. The highest BCUT2D eigenvalue weighted by Crippen LogP contribution is 2.31. The van der Waals surface area contributed by atoms with Crippen LogP contribution in [-0.4, -0.2) is 24.3 Å². The highest BCUT2D eigenvalue weighted by Gasteiger charge is 2.22. The molecule has 0 spiro atoms. The fourth-order valence-electron chi connectivity index (χ4n) is 0.972. The zero-order valence-electron chi connectivity index (χ0n) is 7.09. The summed E-state index contributed by atoms with van der Waals surface area (Å²) in [5, 5.41) is 17.8. The lowest BCUT2D eigenvalue weighted by Gasteiger charge is -2.10. The molecule has 0 saturated heterocycles. The predicted octanol–water partition coefficient (Wildman–Crippen LogP) is 1.04. The van der Waals surface area contributed by atoms with Crippen LogP contribution in [0.25, 0.3) is 0 Å². The van der Waals surface area contributed by atoms with Crippen molar-refractivity contribution in [3.8, 4) is 5.75 Å². The molecule has 0 heterocycles. The fraction of sp³-hybridized carbons (Fsp3) is 0.143.